The van der Waals surface area contributed by atoms with E-state index in [0.717, 1.165) is 12.3 Å². The van der Waals surface area contributed by atoms with Crippen molar-refractivity contribution in [2.75, 3.05) is 0 Å². The van der Waals surface area contributed by atoms with E-state index < -0.39 is 0 Å². The third-order valence-corrected chi connectivity index (χ3v) is 4.08. The van der Waals surface area contributed by atoms with Crippen LogP contribution < -0.4 is 0 Å². The van der Waals surface area contributed by atoms with E-state index in [9.17, 15) is 0 Å². The predicted octanol–water partition coefficient (Wildman–Crippen LogP) is 3.46. The summed E-state index contributed by atoms with van der Waals surface area (Å²) in [5.74, 6) is 1.13. The normalized spacial score (nSPS) is 34.5. The molecule has 1 rings (SSSR count). The maximum absolute atomic E-state index is 9.00. The fourth-order valence-electron chi connectivity index (χ4n) is 1.98. The topological polar surface area (TPSA) is 23.8 Å². The van der Waals surface area contributed by atoms with Crippen LogP contribution in [0.1, 0.15) is 40.0 Å². The van der Waals surface area contributed by atoms with E-state index in [1.54, 1.807) is 0 Å². The third-order valence-electron chi connectivity index (χ3n) is 2.67. The Kier molecular flexibility index (Phi) is 4.12. The highest BCUT2D eigenvalue weighted by molar-refractivity contribution is 8.00. The van der Waals surface area contributed by atoms with Gasteiger partial charge < -0.3 is 0 Å². The van der Waals surface area contributed by atoms with Gasteiger partial charge >= 0.3 is 0 Å². The van der Waals surface area contributed by atoms with E-state index >= 15 is 0 Å². The lowest BCUT2D eigenvalue weighted by molar-refractivity contribution is 0.345. The molecule has 0 radical (unpaired) electrons. The molecule has 1 aliphatic carbocycles. The van der Waals surface area contributed by atoms with Crippen molar-refractivity contribution in [1.82, 2.24) is 0 Å². The third kappa shape index (κ3) is 3.23. The molecule has 0 N–H and O–H groups in total. The number of nitrogens with zero attached hydrogens (tertiary/aromatic N) is 1. The minimum atomic E-state index is 0.309. The average molecular weight is 197 g/mol. The molecule has 0 aromatic carbocycles. The molecule has 0 aromatic heterocycles. The van der Waals surface area contributed by atoms with Crippen LogP contribution in [0.4, 0.5) is 0 Å². The minimum absolute atomic E-state index is 0.309. The Morgan fingerprint density at radius 2 is 2.08 bits per heavy atom. The van der Waals surface area contributed by atoms with Gasteiger partial charge in [0.1, 0.15) is 0 Å². The van der Waals surface area contributed by atoms with Crippen LogP contribution in [-0.4, -0.2) is 10.5 Å². The second kappa shape index (κ2) is 4.91. The number of rotatable bonds is 2. The molecule has 1 aliphatic rings. The second-order valence-electron chi connectivity index (χ2n) is 4.38. The van der Waals surface area contributed by atoms with Gasteiger partial charge in [-0.1, -0.05) is 20.8 Å². The second-order valence-corrected chi connectivity index (χ2v) is 6.20. The van der Waals surface area contributed by atoms with Gasteiger partial charge in [0.2, 0.25) is 0 Å². The van der Waals surface area contributed by atoms with Gasteiger partial charge in [-0.05, 0) is 30.4 Å². The molecule has 0 bridgehead atoms. The molecule has 1 fully saturated rings. The zero-order valence-electron chi connectivity index (χ0n) is 8.79. The van der Waals surface area contributed by atoms with E-state index in [-0.39, 0.29) is 0 Å². The van der Waals surface area contributed by atoms with Gasteiger partial charge in [-0.15, -0.1) is 0 Å². The first-order valence-corrected chi connectivity index (χ1v) is 6.12. The Labute approximate surface area is 85.9 Å². The van der Waals surface area contributed by atoms with Crippen LogP contribution in [0, 0.1) is 23.2 Å². The first kappa shape index (κ1) is 10.9. The zero-order chi connectivity index (χ0) is 9.84. The van der Waals surface area contributed by atoms with Crippen LogP contribution in [0.3, 0.4) is 0 Å². The van der Waals surface area contributed by atoms with E-state index in [1.807, 2.05) is 11.8 Å². The summed E-state index contributed by atoms with van der Waals surface area (Å²) in [6, 6.07) is 2.46. The number of hydrogen-bond acceptors (Lipinski definition) is 2. The van der Waals surface area contributed by atoms with Crippen molar-refractivity contribution in [3.8, 4) is 6.07 Å². The summed E-state index contributed by atoms with van der Waals surface area (Å²) in [7, 11) is 0. The van der Waals surface area contributed by atoms with Crippen molar-refractivity contribution in [1.29, 1.82) is 5.26 Å². The van der Waals surface area contributed by atoms with Gasteiger partial charge in [-0.25, -0.2) is 0 Å². The minimum Gasteiger partial charge on any atom is -0.198 e. The Bertz CT molecular complexity index is 193. The monoisotopic (exact) mass is 197 g/mol. The lowest BCUT2D eigenvalue weighted by Crippen LogP contribution is -2.26. The molecule has 0 amide bonds. The molecule has 13 heavy (non-hydrogen) atoms. The van der Waals surface area contributed by atoms with Gasteiger partial charge in [0.15, 0.2) is 0 Å². The van der Waals surface area contributed by atoms with Crippen molar-refractivity contribution >= 4 is 11.8 Å². The van der Waals surface area contributed by atoms with Gasteiger partial charge in [-0.2, -0.15) is 17.0 Å². The molecular formula is C11H19NS. The summed E-state index contributed by atoms with van der Waals surface area (Å²) in [5, 5.41) is 10.2. The molecule has 3 unspecified atom stereocenters. The highest BCUT2D eigenvalue weighted by atomic mass is 32.2. The number of hydrogen-bond donors (Lipinski definition) is 0. The molecular weight excluding hydrogens is 178 g/mol. The molecule has 0 heterocycles. The first-order valence-electron chi connectivity index (χ1n) is 5.18. The fraction of sp³-hybridized carbons (Fsp3) is 0.909. The maximum atomic E-state index is 9.00. The van der Waals surface area contributed by atoms with Crippen molar-refractivity contribution in [3.63, 3.8) is 0 Å². The van der Waals surface area contributed by atoms with Gasteiger partial charge in [0.05, 0.1) is 12.0 Å². The SMILES string of the molecule is CC1CCC(C#N)C(SC(C)C)C1. The van der Waals surface area contributed by atoms with E-state index in [0.29, 0.717) is 16.4 Å². The molecule has 1 saturated carbocycles. The van der Waals surface area contributed by atoms with E-state index in [2.05, 4.69) is 26.8 Å². The largest absolute Gasteiger partial charge is 0.198 e. The van der Waals surface area contributed by atoms with E-state index in [1.165, 1.54) is 12.8 Å². The molecule has 2 heteroatoms. The van der Waals surface area contributed by atoms with Crippen LogP contribution in [0.5, 0.6) is 0 Å². The van der Waals surface area contributed by atoms with Crippen molar-refractivity contribution < 1.29 is 0 Å². The van der Waals surface area contributed by atoms with Gasteiger partial charge in [0.25, 0.3) is 0 Å². The van der Waals surface area contributed by atoms with Crippen LogP contribution in [0.2, 0.25) is 0 Å². The molecule has 3 atom stereocenters. The summed E-state index contributed by atoms with van der Waals surface area (Å²) < 4.78 is 0. The number of nitriles is 1. The molecule has 74 valence electrons. The Hall–Kier alpha value is -0.160. The summed E-state index contributed by atoms with van der Waals surface area (Å²) in [6.07, 6.45) is 3.59. The fourth-order valence-corrected chi connectivity index (χ4v) is 3.50. The van der Waals surface area contributed by atoms with Crippen LogP contribution in [0.15, 0.2) is 0 Å². The molecule has 0 aromatic rings. The highest BCUT2D eigenvalue weighted by Crippen LogP contribution is 2.37. The van der Waals surface area contributed by atoms with Crippen molar-refractivity contribution in [3.05, 3.63) is 0 Å². The Morgan fingerprint density at radius 3 is 2.62 bits per heavy atom. The molecule has 1 nitrogen and oxygen atoms in total. The predicted molar refractivity (Wildman–Crippen MR) is 58.6 cm³/mol. The average Bonchev–Trinajstić information content (AvgIpc) is 2.03. The van der Waals surface area contributed by atoms with Crippen molar-refractivity contribution in [2.45, 2.75) is 50.5 Å². The van der Waals surface area contributed by atoms with Crippen LogP contribution in [-0.2, 0) is 0 Å². The Balaban J connectivity index is 2.51. The molecule has 0 saturated heterocycles. The Morgan fingerprint density at radius 1 is 1.38 bits per heavy atom. The molecule has 0 spiro atoms. The lowest BCUT2D eigenvalue weighted by Gasteiger charge is -2.31. The lowest BCUT2D eigenvalue weighted by atomic mass is 9.83. The van der Waals surface area contributed by atoms with Crippen molar-refractivity contribution in [2.24, 2.45) is 11.8 Å². The summed E-state index contributed by atoms with van der Waals surface area (Å²) in [6.45, 7) is 6.75. The van der Waals surface area contributed by atoms with Crippen LogP contribution in [0.25, 0.3) is 0 Å². The summed E-state index contributed by atoms with van der Waals surface area (Å²) in [4.78, 5) is 0. The quantitative estimate of drug-likeness (QED) is 0.677. The molecule has 0 aliphatic heterocycles. The summed E-state index contributed by atoms with van der Waals surface area (Å²) in [5.41, 5.74) is 0. The van der Waals surface area contributed by atoms with Crippen LogP contribution >= 0.6 is 11.8 Å². The highest BCUT2D eigenvalue weighted by Gasteiger charge is 2.29. The zero-order valence-corrected chi connectivity index (χ0v) is 9.60. The number of thioether (sulfide) groups is 1. The maximum Gasteiger partial charge on any atom is 0.0667 e. The summed E-state index contributed by atoms with van der Waals surface area (Å²) >= 11 is 1.99. The van der Waals surface area contributed by atoms with E-state index in [4.69, 9.17) is 5.26 Å². The van der Waals surface area contributed by atoms with Gasteiger partial charge in [0, 0.05) is 5.25 Å². The van der Waals surface area contributed by atoms with Gasteiger partial charge in [-0.3, -0.25) is 0 Å². The smallest absolute Gasteiger partial charge is 0.0667 e. The standard InChI is InChI=1S/C11H19NS/c1-8(2)13-11-6-9(3)4-5-10(11)7-12/h8-11H,4-6H2,1-3H3. The first-order chi connectivity index (χ1) is 6.13.